The predicted molar refractivity (Wildman–Crippen MR) is 65.2 cm³/mol. The third-order valence-electron chi connectivity index (χ3n) is 3.37. The van der Waals surface area contributed by atoms with E-state index in [1.165, 1.54) is 17.7 Å². The van der Waals surface area contributed by atoms with Crippen LogP contribution in [0.2, 0.25) is 0 Å². The zero-order valence-corrected chi connectivity index (χ0v) is 10.4. The van der Waals surface area contributed by atoms with Crippen molar-refractivity contribution in [2.45, 2.75) is 39.2 Å². The minimum Gasteiger partial charge on any atom is -0.314 e. The quantitative estimate of drug-likeness (QED) is 0.803. The Bertz CT molecular complexity index is 280. The highest BCUT2D eigenvalue weighted by atomic mass is 32.1. The summed E-state index contributed by atoms with van der Waals surface area (Å²) in [5.74, 6) is 1.79. The molecule has 1 fully saturated rings. The third-order valence-corrected chi connectivity index (χ3v) is 4.17. The lowest BCUT2D eigenvalue weighted by atomic mass is 9.93. The van der Waals surface area contributed by atoms with E-state index in [0.29, 0.717) is 6.04 Å². The van der Waals surface area contributed by atoms with Gasteiger partial charge >= 0.3 is 0 Å². The molecule has 0 aliphatic heterocycles. The molecule has 2 nitrogen and oxygen atoms in total. The zero-order valence-electron chi connectivity index (χ0n) is 9.57. The third kappa shape index (κ3) is 3.02. The predicted octanol–water partition coefficient (Wildman–Crippen LogP) is 2.71. The molecular weight excluding hydrogens is 204 g/mol. The van der Waals surface area contributed by atoms with E-state index in [9.17, 15) is 0 Å². The first-order valence-corrected chi connectivity index (χ1v) is 6.80. The van der Waals surface area contributed by atoms with Gasteiger partial charge in [-0.15, -0.1) is 11.3 Å². The summed E-state index contributed by atoms with van der Waals surface area (Å²) in [4.78, 5) is 5.56. The summed E-state index contributed by atoms with van der Waals surface area (Å²) in [5, 5.41) is 3.62. The highest BCUT2D eigenvalue weighted by molar-refractivity contribution is 7.09. The van der Waals surface area contributed by atoms with E-state index in [4.69, 9.17) is 0 Å². The standard InChI is InChI=1S/C12H20N2S/c1-3-14-12(9(2)10-4-5-10)6-11-7-13-8-15-11/h7-10,12,14H,3-6H2,1-2H3. The van der Waals surface area contributed by atoms with Crippen molar-refractivity contribution in [2.24, 2.45) is 11.8 Å². The minimum atomic E-state index is 0.642. The van der Waals surface area contributed by atoms with Crippen LogP contribution in [0.1, 0.15) is 31.6 Å². The van der Waals surface area contributed by atoms with Crippen molar-refractivity contribution in [3.05, 3.63) is 16.6 Å². The molecule has 0 spiro atoms. The molecule has 0 aromatic carbocycles. The highest BCUT2D eigenvalue weighted by Gasteiger charge is 2.32. The molecule has 2 unspecified atom stereocenters. The molecule has 0 amide bonds. The Morgan fingerprint density at radius 2 is 2.40 bits per heavy atom. The first-order valence-electron chi connectivity index (χ1n) is 5.92. The lowest BCUT2D eigenvalue weighted by molar-refractivity contribution is 0.346. The van der Waals surface area contributed by atoms with Crippen molar-refractivity contribution in [2.75, 3.05) is 6.54 Å². The van der Waals surface area contributed by atoms with Crippen LogP contribution in [0.3, 0.4) is 0 Å². The van der Waals surface area contributed by atoms with Crippen LogP contribution in [-0.4, -0.2) is 17.6 Å². The molecule has 1 saturated carbocycles. The van der Waals surface area contributed by atoms with Gasteiger partial charge in [-0.25, -0.2) is 0 Å². The number of aromatic nitrogens is 1. The van der Waals surface area contributed by atoms with Crippen LogP contribution in [0.15, 0.2) is 11.7 Å². The van der Waals surface area contributed by atoms with Gasteiger partial charge in [0.15, 0.2) is 0 Å². The second-order valence-corrected chi connectivity index (χ2v) is 5.50. The average Bonchev–Trinajstić information content (AvgIpc) is 2.96. The second kappa shape index (κ2) is 5.08. The summed E-state index contributed by atoms with van der Waals surface area (Å²) >= 11 is 1.78. The molecule has 84 valence electrons. The van der Waals surface area contributed by atoms with Gasteiger partial charge in [-0.2, -0.15) is 0 Å². The van der Waals surface area contributed by atoms with Crippen molar-refractivity contribution in [1.29, 1.82) is 0 Å². The van der Waals surface area contributed by atoms with Crippen molar-refractivity contribution >= 4 is 11.3 Å². The van der Waals surface area contributed by atoms with Crippen LogP contribution >= 0.6 is 11.3 Å². The summed E-state index contributed by atoms with van der Waals surface area (Å²) in [5.41, 5.74) is 1.93. The lowest BCUT2D eigenvalue weighted by Gasteiger charge is -2.24. The van der Waals surface area contributed by atoms with Crippen LogP contribution < -0.4 is 5.32 Å². The molecule has 0 radical (unpaired) electrons. The normalized spacial score (nSPS) is 20.1. The van der Waals surface area contributed by atoms with E-state index in [1.54, 1.807) is 11.3 Å². The molecule has 1 aliphatic rings. The Hall–Kier alpha value is -0.410. The summed E-state index contributed by atoms with van der Waals surface area (Å²) in [6.45, 7) is 5.66. The lowest BCUT2D eigenvalue weighted by Crippen LogP contribution is -2.37. The van der Waals surface area contributed by atoms with Crippen LogP contribution in [0.4, 0.5) is 0 Å². The number of thiazole rings is 1. The molecule has 1 aromatic heterocycles. The number of rotatable bonds is 6. The Labute approximate surface area is 96.1 Å². The van der Waals surface area contributed by atoms with Crippen molar-refractivity contribution in [3.63, 3.8) is 0 Å². The topological polar surface area (TPSA) is 24.9 Å². The van der Waals surface area contributed by atoms with E-state index in [0.717, 1.165) is 24.8 Å². The van der Waals surface area contributed by atoms with Gasteiger partial charge in [0.1, 0.15) is 0 Å². The van der Waals surface area contributed by atoms with Crippen LogP contribution in [0, 0.1) is 11.8 Å². The minimum absolute atomic E-state index is 0.642. The number of hydrogen-bond donors (Lipinski definition) is 1. The van der Waals surface area contributed by atoms with E-state index in [-0.39, 0.29) is 0 Å². The molecule has 2 rings (SSSR count). The Morgan fingerprint density at radius 1 is 1.60 bits per heavy atom. The number of likely N-dealkylation sites (N-methyl/N-ethyl adjacent to an activating group) is 1. The Morgan fingerprint density at radius 3 is 2.93 bits per heavy atom. The van der Waals surface area contributed by atoms with Gasteiger partial charge in [-0.05, 0) is 37.6 Å². The summed E-state index contributed by atoms with van der Waals surface area (Å²) in [6, 6.07) is 0.642. The molecule has 0 bridgehead atoms. The van der Waals surface area contributed by atoms with Gasteiger partial charge in [-0.1, -0.05) is 13.8 Å². The maximum atomic E-state index is 4.15. The van der Waals surface area contributed by atoms with Gasteiger partial charge < -0.3 is 5.32 Å². The number of nitrogens with zero attached hydrogens (tertiary/aromatic N) is 1. The van der Waals surface area contributed by atoms with Crippen molar-refractivity contribution < 1.29 is 0 Å². The van der Waals surface area contributed by atoms with Crippen LogP contribution in [0.25, 0.3) is 0 Å². The highest BCUT2D eigenvalue weighted by Crippen LogP contribution is 2.38. The monoisotopic (exact) mass is 224 g/mol. The maximum absolute atomic E-state index is 4.15. The zero-order chi connectivity index (χ0) is 10.7. The molecule has 1 heterocycles. The van der Waals surface area contributed by atoms with E-state index in [2.05, 4.69) is 24.1 Å². The van der Waals surface area contributed by atoms with Crippen LogP contribution in [-0.2, 0) is 6.42 Å². The van der Waals surface area contributed by atoms with Crippen LogP contribution in [0.5, 0.6) is 0 Å². The average molecular weight is 224 g/mol. The Kier molecular flexibility index (Phi) is 3.76. The second-order valence-electron chi connectivity index (χ2n) is 4.53. The van der Waals surface area contributed by atoms with Gasteiger partial charge in [0.25, 0.3) is 0 Å². The fraction of sp³-hybridized carbons (Fsp3) is 0.750. The van der Waals surface area contributed by atoms with E-state index >= 15 is 0 Å². The first kappa shape index (κ1) is 11.1. The fourth-order valence-corrected chi connectivity index (χ4v) is 2.87. The van der Waals surface area contributed by atoms with Crippen molar-refractivity contribution in [1.82, 2.24) is 10.3 Å². The van der Waals surface area contributed by atoms with E-state index < -0.39 is 0 Å². The van der Waals surface area contributed by atoms with Gasteiger partial charge in [0.05, 0.1) is 5.51 Å². The molecule has 3 heteroatoms. The van der Waals surface area contributed by atoms with Gasteiger partial charge in [-0.3, -0.25) is 4.98 Å². The molecule has 1 aromatic rings. The molecule has 2 atom stereocenters. The van der Waals surface area contributed by atoms with Gasteiger partial charge in [0.2, 0.25) is 0 Å². The largest absolute Gasteiger partial charge is 0.314 e. The number of hydrogen-bond acceptors (Lipinski definition) is 3. The molecule has 0 saturated heterocycles. The maximum Gasteiger partial charge on any atom is 0.0794 e. The molecular formula is C12H20N2S. The van der Waals surface area contributed by atoms with E-state index in [1.807, 2.05) is 11.7 Å². The molecule has 1 N–H and O–H groups in total. The SMILES string of the molecule is CCNC(Cc1cncs1)C(C)C1CC1. The van der Waals surface area contributed by atoms with Crippen molar-refractivity contribution in [3.8, 4) is 0 Å². The molecule has 15 heavy (non-hydrogen) atoms. The van der Waals surface area contributed by atoms with Gasteiger partial charge in [0, 0.05) is 17.1 Å². The number of nitrogens with one attached hydrogen (secondary N) is 1. The summed E-state index contributed by atoms with van der Waals surface area (Å²) in [6.07, 6.45) is 6.03. The summed E-state index contributed by atoms with van der Waals surface area (Å²) < 4.78 is 0. The summed E-state index contributed by atoms with van der Waals surface area (Å²) in [7, 11) is 0. The Balaban J connectivity index is 1.92. The molecule has 1 aliphatic carbocycles. The smallest absolute Gasteiger partial charge is 0.0794 e. The fourth-order valence-electron chi connectivity index (χ4n) is 2.22. The first-order chi connectivity index (χ1) is 7.31.